The fraction of sp³-hybridized carbons (Fsp3) is 0.526. The fourth-order valence-corrected chi connectivity index (χ4v) is 4.52. The van der Waals surface area contributed by atoms with E-state index in [1.54, 1.807) is 18.2 Å². The molecule has 0 radical (unpaired) electrons. The molecule has 0 spiro atoms. The van der Waals surface area contributed by atoms with Crippen molar-refractivity contribution < 1.29 is 9.53 Å². The Hall–Kier alpha value is -2.44. The summed E-state index contributed by atoms with van der Waals surface area (Å²) >= 11 is 6.29. The molecule has 3 aliphatic rings. The second-order valence-corrected chi connectivity index (χ2v) is 7.71. The van der Waals surface area contributed by atoms with Crippen molar-refractivity contribution in [2.45, 2.75) is 56.3 Å². The van der Waals surface area contributed by atoms with Gasteiger partial charge in [-0.1, -0.05) is 11.6 Å². The van der Waals surface area contributed by atoms with Crippen LogP contribution in [0, 0.1) is 28.7 Å². The lowest BCUT2D eigenvalue weighted by Crippen LogP contribution is -2.43. The van der Waals surface area contributed by atoms with E-state index in [1.165, 1.54) is 0 Å². The zero-order valence-electron chi connectivity index (χ0n) is 14.2. The molecule has 26 heavy (non-hydrogen) atoms. The maximum Gasteiger partial charge on any atom is 0.253 e. The Balaban J connectivity index is 1.38. The molecular weight excluding hydrogens is 352 g/mol. The summed E-state index contributed by atoms with van der Waals surface area (Å²) in [7, 11) is 0. The Bertz CT molecular complexity index is 809. The molecule has 1 aromatic rings. The van der Waals surface area contributed by atoms with Crippen LogP contribution < -0.4 is 10.1 Å². The monoisotopic (exact) mass is 370 g/mol. The van der Waals surface area contributed by atoms with E-state index < -0.39 is 0 Å². The molecule has 2 bridgehead atoms. The molecule has 2 heterocycles. The van der Waals surface area contributed by atoms with Gasteiger partial charge in [-0.2, -0.15) is 10.5 Å². The quantitative estimate of drug-likeness (QED) is 0.823. The predicted octanol–water partition coefficient (Wildman–Crippen LogP) is 2.84. The van der Waals surface area contributed by atoms with Gasteiger partial charge in [-0.3, -0.25) is 4.79 Å². The molecule has 3 fully saturated rings. The number of ether oxygens (including phenoxy) is 1. The lowest BCUT2D eigenvalue weighted by atomic mass is 9.83. The van der Waals surface area contributed by atoms with Crippen LogP contribution in [0.15, 0.2) is 18.2 Å². The van der Waals surface area contributed by atoms with Gasteiger partial charge in [0, 0.05) is 18.9 Å². The molecule has 2 aliphatic heterocycles. The summed E-state index contributed by atoms with van der Waals surface area (Å²) < 4.78 is 5.79. The van der Waals surface area contributed by atoms with E-state index in [-0.39, 0.29) is 36.1 Å². The molecule has 1 aliphatic carbocycles. The van der Waals surface area contributed by atoms with Crippen molar-refractivity contribution in [2.75, 3.05) is 0 Å². The van der Waals surface area contributed by atoms with Gasteiger partial charge in [0.05, 0.1) is 34.7 Å². The van der Waals surface area contributed by atoms with Gasteiger partial charge in [-0.15, -0.1) is 0 Å². The smallest absolute Gasteiger partial charge is 0.253 e. The molecular formula is C19H19ClN4O2. The molecule has 3 atom stereocenters. The minimum atomic E-state index is -0.217. The van der Waals surface area contributed by atoms with Crippen LogP contribution in [-0.2, 0) is 0 Å². The maximum atomic E-state index is 12.6. The van der Waals surface area contributed by atoms with E-state index in [4.69, 9.17) is 21.6 Å². The number of nitriles is 2. The first kappa shape index (κ1) is 17.0. The Kier molecular flexibility index (Phi) is 4.38. The lowest BCUT2D eigenvalue weighted by Gasteiger charge is -2.31. The van der Waals surface area contributed by atoms with Crippen LogP contribution in [0.1, 0.15) is 42.5 Å². The van der Waals surface area contributed by atoms with Crippen LogP contribution >= 0.6 is 11.6 Å². The molecule has 1 amide bonds. The van der Waals surface area contributed by atoms with Crippen molar-refractivity contribution in [3.05, 3.63) is 28.8 Å². The van der Waals surface area contributed by atoms with Crippen LogP contribution in [0.4, 0.5) is 0 Å². The van der Waals surface area contributed by atoms with Gasteiger partial charge in [-0.25, -0.2) is 0 Å². The predicted molar refractivity (Wildman–Crippen MR) is 94.3 cm³/mol. The van der Waals surface area contributed by atoms with Gasteiger partial charge in [-0.05, 0) is 37.5 Å². The van der Waals surface area contributed by atoms with Gasteiger partial charge in [0.1, 0.15) is 11.9 Å². The third kappa shape index (κ3) is 2.95. The average Bonchev–Trinajstić information content (AvgIpc) is 3.14. The molecule has 0 unspecified atom stereocenters. The summed E-state index contributed by atoms with van der Waals surface area (Å²) in [5, 5.41) is 21.4. The van der Waals surface area contributed by atoms with E-state index in [0.717, 1.165) is 32.1 Å². The first-order chi connectivity index (χ1) is 12.6. The number of carbonyl (C=O) groups is 1. The number of hydrogen-bond donors (Lipinski definition) is 1. The number of nitrogens with one attached hydrogen (secondary N) is 1. The van der Waals surface area contributed by atoms with Gasteiger partial charge in [0.15, 0.2) is 6.19 Å². The summed E-state index contributed by atoms with van der Waals surface area (Å²) in [5.41, 5.74) is 0.411. The standard InChI is InChI=1S/C19H19ClN4O2/c20-16-8-13(26-14-5-11(6-14)9-21)2-3-15(16)19(25)23-17-7-12-1-4-18(17)24(12)10-22/h2-3,8,11-12,14,17-18H,1,4-7H2,(H,23,25)/t11?,12-,14?,17+,18+/m0/s1. The third-order valence-electron chi connectivity index (χ3n) is 5.73. The van der Waals surface area contributed by atoms with E-state index >= 15 is 0 Å². The number of amides is 1. The molecule has 1 saturated carbocycles. The Morgan fingerprint density at radius 2 is 2.08 bits per heavy atom. The SMILES string of the molecule is N#CC1CC(Oc2ccc(C(=O)N[C@@H]3C[C@@H]4CC[C@H]3N4C#N)c(Cl)c2)C1. The van der Waals surface area contributed by atoms with Gasteiger partial charge >= 0.3 is 0 Å². The Labute approximate surface area is 157 Å². The van der Waals surface area contributed by atoms with Crippen LogP contribution in [-0.4, -0.2) is 35.0 Å². The molecule has 134 valence electrons. The van der Waals surface area contributed by atoms with Crippen LogP contribution in [0.3, 0.4) is 0 Å². The second-order valence-electron chi connectivity index (χ2n) is 7.30. The minimum Gasteiger partial charge on any atom is -0.490 e. The zero-order chi connectivity index (χ0) is 18.3. The van der Waals surface area contributed by atoms with Crippen molar-refractivity contribution in [3.8, 4) is 18.0 Å². The molecule has 6 nitrogen and oxygen atoms in total. The molecule has 1 N–H and O–H groups in total. The van der Waals surface area contributed by atoms with Crippen molar-refractivity contribution >= 4 is 17.5 Å². The summed E-state index contributed by atoms with van der Waals surface area (Å²) in [6.07, 6.45) is 6.52. The van der Waals surface area contributed by atoms with Crippen LogP contribution in [0.2, 0.25) is 5.02 Å². The average molecular weight is 371 g/mol. The maximum absolute atomic E-state index is 12.6. The second kappa shape index (κ2) is 6.70. The number of nitrogens with zero attached hydrogens (tertiary/aromatic N) is 3. The van der Waals surface area contributed by atoms with Crippen LogP contribution in [0.25, 0.3) is 0 Å². The summed E-state index contributed by atoms with van der Waals surface area (Å²) in [4.78, 5) is 14.4. The van der Waals surface area contributed by atoms with Crippen molar-refractivity contribution in [1.29, 1.82) is 10.5 Å². The number of fused-ring (bicyclic) bond motifs is 2. The van der Waals surface area contributed by atoms with Crippen molar-refractivity contribution in [2.24, 2.45) is 5.92 Å². The van der Waals surface area contributed by atoms with Crippen LogP contribution in [0.5, 0.6) is 5.75 Å². The van der Waals surface area contributed by atoms with Gasteiger partial charge in [0.2, 0.25) is 0 Å². The zero-order valence-corrected chi connectivity index (χ0v) is 14.9. The first-order valence-corrected chi connectivity index (χ1v) is 9.31. The minimum absolute atomic E-state index is 0.00853. The summed E-state index contributed by atoms with van der Waals surface area (Å²) in [5.74, 6) is 0.476. The number of carbonyl (C=O) groups excluding carboxylic acids is 1. The number of halogens is 1. The van der Waals surface area contributed by atoms with Gasteiger partial charge < -0.3 is 15.0 Å². The highest BCUT2D eigenvalue weighted by Crippen LogP contribution is 2.37. The number of hydrogen-bond acceptors (Lipinski definition) is 5. The number of rotatable bonds is 4. The molecule has 0 aromatic heterocycles. The summed E-state index contributed by atoms with van der Waals surface area (Å²) in [6, 6.07) is 7.62. The van der Waals surface area contributed by atoms with Crippen molar-refractivity contribution in [3.63, 3.8) is 0 Å². The van der Waals surface area contributed by atoms with E-state index in [0.29, 0.717) is 16.3 Å². The highest BCUT2D eigenvalue weighted by Gasteiger charge is 2.46. The normalized spacial score (nSPS) is 31.7. The Morgan fingerprint density at radius 1 is 1.27 bits per heavy atom. The third-order valence-corrected chi connectivity index (χ3v) is 6.05. The summed E-state index contributed by atoms with van der Waals surface area (Å²) in [6.45, 7) is 0. The van der Waals surface area contributed by atoms with E-state index in [9.17, 15) is 10.1 Å². The molecule has 2 saturated heterocycles. The molecule has 4 rings (SSSR count). The molecule has 7 heteroatoms. The van der Waals surface area contributed by atoms with Gasteiger partial charge in [0.25, 0.3) is 5.91 Å². The van der Waals surface area contributed by atoms with Crippen molar-refractivity contribution in [1.82, 2.24) is 10.2 Å². The molecule has 1 aromatic carbocycles. The fourth-order valence-electron chi connectivity index (χ4n) is 4.26. The first-order valence-electron chi connectivity index (χ1n) is 8.93. The van der Waals surface area contributed by atoms with E-state index in [1.807, 2.05) is 4.90 Å². The highest BCUT2D eigenvalue weighted by molar-refractivity contribution is 6.34. The lowest BCUT2D eigenvalue weighted by molar-refractivity contribution is 0.0892. The number of benzene rings is 1. The highest BCUT2D eigenvalue weighted by atomic mass is 35.5. The largest absolute Gasteiger partial charge is 0.490 e. The van der Waals surface area contributed by atoms with E-state index in [2.05, 4.69) is 17.6 Å². The topological polar surface area (TPSA) is 89.2 Å². The Morgan fingerprint density at radius 3 is 2.73 bits per heavy atom.